The molecule has 0 radical (unpaired) electrons. The number of para-hydroxylation sites is 1. The number of benzene rings is 1. The normalized spacial score (nSPS) is 9.82. The van der Waals surface area contributed by atoms with E-state index < -0.39 is 24.0 Å². The Morgan fingerprint density at radius 1 is 1.35 bits per heavy atom. The van der Waals surface area contributed by atoms with Crippen LogP contribution in [-0.2, 0) is 9.53 Å². The lowest BCUT2D eigenvalue weighted by Gasteiger charge is -2.07. The van der Waals surface area contributed by atoms with Crippen molar-refractivity contribution in [3.05, 3.63) is 29.6 Å². The van der Waals surface area contributed by atoms with Crippen LogP contribution in [0.1, 0.15) is 23.7 Å². The second kappa shape index (κ2) is 5.98. The van der Waals surface area contributed by atoms with E-state index in [1.54, 1.807) is 6.92 Å². The van der Waals surface area contributed by atoms with Gasteiger partial charge in [0.15, 0.2) is 17.3 Å². The summed E-state index contributed by atoms with van der Waals surface area (Å²) in [5, 5.41) is 0. The van der Waals surface area contributed by atoms with Crippen LogP contribution in [0.2, 0.25) is 0 Å². The maximum Gasteiger partial charge on any atom is 0.313 e. The molecular weight excluding hydrogens is 227 g/mol. The van der Waals surface area contributed by atoms with Crippen LogP contribution in [0.3, 0.4) is 0 Å². The van der Waals surface area contributed by atoms with E-state index in [0.717, 1.165) is 0 Å². The number of carbonyl (C=O) groups excluding carboxylic acids is 2. The van der Waals surface area contributed by atoms with E-state index >= 15 is 0 Å². The molecule has 0 amide bonds. The van der Waals surface area contributed by atoms with Gasteiger partial charge in [0.1, 0.15) is 6.42 Å². The van der Waals surface area contributed by atoms with Crippen LogP contribution in [0.5, 0.6) is 5.75 Å². The van der Waals surface area contributed by atoms with Crippen LogP contribution in [0.15, 0.2) is 18.2 Å². The first kappa shape index (κ1) is 13.2. The van der Waals surface area contributed by atoms with Gasteiger partial charge >= 0.3 is 5.97 Å². The molecule has 0 aliphatic rings. The van der Waals surface area contributed by atoms with Crippen molar-refractivity contribution in [3.8, 4) is 5.75 Å². The zero-order chi connectivity index (χ0) is 12.8. The average Bonchev–Trinajstić information content (AvgIpc) is 2.28. The summed E-state index contributed by atoms with van der Waals surface area (Å²) < 4.78 is 22.7. The van der Waals surface area contributed by atoms with Gasteiger partial charge < -0.3 is 9.47 Å². The molecule has 0 aromatic heterocycles. The molecule has 0 atom stereocenters. The largest absolute Gasteiger partial charge is 0.493 e. The zero-order valence-corrected chi connectivity index (χ0v) is 9.66. The number of rotatable bonds is 5. The van der Waals surface area contributed by atoms with Crippen molar-refractivity contribution in [1.29, 1.82) is 0 Å². The van der Waals surface area contributed by atoms with Crippen molar-refractivity contribution in [1.82, 2.24) is 0 Å². The Kier molecular flexibility index (Phi) is 4.63. The zero-order valence-electron chi connectivity index (χ0n) is 9.66. The Hall–Kier alpha value is -1.91. The molecule has 0 aliphatic carbocycles. The predicted octanol–water partition coefficient (Wildman–Crippen LogP) is 1.97. The second-order valence-corrected chi connectivity index (χ2v) is 3.23. The molecule has 0 fully saturated rings. The lowest BCUT2D eigenvalue weighted by molar-refractivity contribution is -0.141. The molecule has 92 valence electrons. The maximum absolute atomic E-state index is 13.3. The third kappa shape index (κ3) is 3.27. The van der Waals surface area contributed by atoms with Crippen molar-refractivity contribution in [3.63, 3.8) is 0 Å². The minimum atomic E-state index is -0.637. The van der Waals surface area contributed by atoms with Crippen LogP contribution >= 0.6 is 0 Å². The summed E-state index contributed by atoms with van der Waals surface area (Å²) in [7, 11) is 1.26. The molecular formula is C12H13FO4. The number of ether oxygens (including phenoxy) is 2. The topological polar surface area (TPSA) is 52.6 Å². The highest BCUT2D eigenvalue weighted by Gasteiger charge is 2.18. The quantitative estimate of drug-likeness (QED) is 0.448. The van der Waals surface area contributed by atoms with Gasteiger partial charge in [0.05, 0.1) is 19.3 Å². The number of Topliss-reactive ketones (excluding diaryl/α,β-unsaturated/α-hetero) is 1. The number of esters is 1. The van der Waals surface area contributed by atoms with E-state index in [4.69, 9.17) is 4.74 Å². The lowest BCUT2D eigenvalue weighted by Crippen LogP contribution is -2.12. The summed E-state index contributed by atoms with van der Waals surface area (Å²) in [6.07, 6.45) is -0.423. The van der Waals surface area contributed by atoms with Crippen LogP contribution in [-0.4, -0.2) is 25.5 Å². The third-order valence-corrected chi connectivity index (χ3v) is 2.08. The molecule has 4 nitrogen and oxygen atoms in total. The van der Waals surface area contributed by atoms with Gasteiger partial charge in [-0.25, -0.2) is 4.39 Å². The summed E-state index contributed by atoms with van der Waals surface area (Å²) in [6, 6.07) is 3.97. The van der Waals surface area contributed by atoms with E-state index in [0.29, 0.717) is 0 Å². The number of hydrogen-bond donors (Lipinski definition) is 0. The molecule has 17 heavy (non-hydrogen) atoms. The fourth-order valence-electron chi connectivity index (χ4n) is 1.37. The molecule has 0 N–H and O–H groups in total. The van der Waals surface area contributed by atoms with Gasteiger partial charge in [-0.3, -0.25) is 9.59 Å². The van der Waals surface area contributed by atoms with E-state index in [1.165, 1.54) is 25.3 Å². The number of hydrogen-bond acceptors (Lipinski definition) is 4. The van der Waals surface area contributed by atoms with Gasteiger partial charge in [-0.05, 0) is 19.1 Å². The third-order valence-electron chi connectivity index (χ3n) is 2.08. The van der Waals surface area contributed by atoms with E-state index in [2.05, 4.69) is 4.74 Å². The Morgan fingerprint density at radius 3 is 2.65 bits per heavy atom. The molecule has 0 aliphatic heterocycles. The number of ketones is 1. The monoisotopic (exact) mass is 240 g/mol. The summed E-state index contributed by atoms with van der Waals surface area (Å²) in [5.41, 5.74) is 0.0422. The Bertz CT molecular complexity index is 429. The second-order valence-electron chi connectivity index (χ2n) is 3.23. The lowest BCUT2D eigenvalue weighted by atomic mass is 10.1. The molecule has 1 aromatic rings. The van der Waals surface area contributed by atoms with E-state index in [9.17, 15) is 14.0 Å². The first-order chi connectivity index (χ1) is 8.10. The summed E-state index contributed by atoms with van der Waals surface area (Å²) in [6.45, 7) is 1.84. The molecule has 0 spiro atoms. The van der Waals surface area contributed by atoms with Crippen LogP contribution in [0.4, 0.5) is 4.39 Å². The molecule has 1 rings (SSSR count). The highest BCUT2D eigenvalue weighted by atomic mass is 19.1. The number of carbonyl (C=O) groups is 2. The number of halogens is 1. The van der Waals surface area contributed by atoms with E-state index in [-0.39, 0.29) is 17.9 Å². The van der Waals surface area contributed by atoms with Gasteiger partial charge in [0.25, 0.3) is 0 Å². The van der Waals surface area contributed by atoms with E-state index in [1.807, 2.05) is 0 Å². The summed E-state index contributed by atoms with van der Waals surface area (Å²) >= 11 is 0. The Morgan fingerprint density at radius 2 is 2.06 bits per heavy atom. The molecule has 0 bridgehead atoms. The average molecular weight is 240 g/mol. The predicted molar refractivity (Wildman–Crippen MR) is 58.5 cm³/mol. The SMILES string of the molecule is CCOC(=O)CC(=O)c1cccc(F)c1OC. The van der Waals surface area contributed by atoms with Gasteiger partial charge in [-0.15, -0.1) is 0 Å². The minimum Gasteiger partial charge on any atom is -0.493 e. The molecule has 0 saturated heterocycles. The molecule has 5 heteroatoms. The van der Waals surface area contributed by atoms with Crippen LogP contribution < -0.4 is 4.74 Å². The van der Waals surface area contributed by atoms with Crippen molar-refractivity contribution in [2.45, 2.75) is 13.3 Å². The van der Waals surface area contributed by atoms with Crippen molar-refractivity contribution >= 4 is 11.8 Å². The van der Waals surface area contributed by atoms with Gasteiger partial charge in [-0.2, -0.15) is 0 Å². The van der Waals surface area contributed by atoms with Crippen LogP contribution in [0, 0.1) is 5.82 Å². The van der Waals surface area contributed by atoms with Crippen molar-refractivity contribution in [2.75, 3.05) is 13.7 Å². The van der Waals surface area contributed by atoms with Gasteiger partial charge in [0, 0.05) is 0 Å². The fourth-order valence-corrected chi connectivity index (χ4v) is 1.37. The molecule has 0 unspecified atom stereocenters. The Labute approximate surface area is 98.3 Å². The smallest absolute Gasteiger partial charge is 0.313 e. The van der Waals surface area contributed by atoms with Gasteiger partial charge in [0.2, 0.25) is 0 Å². The minimum absolute atomic E-state index is 0.0422. The summed E-state index contributed by atoms with van der Waals surface area (Å²) in [4.78, 5) is 22.8. The van der Waals surface area contributed by atoms with Crippen molar-refractivity contribution < 1.29 is 23.5 Å². The standard InChI is InChI=1S/C12H13FO4/c1-3-17-11(15)7-10(14)8-5-4-6-9(13)12(8)16-2/h4-6H,3,7H2,1-2H3. The summed E-state index contributed by atoms with van der Waals surface area (Å²) in [5.74, 6) is -1.95. The Balaban J connectivity index is 2.89. The van der Waals surface area contributed by atoms with Crippen LogP contribution in [0.25, 0.3) is 0 Å². The van der Waals surface area contributed by atoms with Gasteiger partial charge in [-0.1, -0.05) is 6.07 Å². The number of methoxy groups -OCH3 is 1. The maximum atomic E-state index is 13.3. The van der Waals surface area contributed by atoms with Crippen molar-refractivity contribution in [2.24, 2.45) is 0 Å². The molecule has 1 aromatic carbocycles. The highest BCUT2D eigenvalue weighted by molar-refractivity contribution is 6.07. The molecule has 0 saturated carbocycles. The highest BCUT2D eigenvalue weighted by Crippen LogP contribution is 2.23. The first-order valence-corrected chi connectivity index (χ1v) is 5.11. The first-order valence-electron chi connectivity index (χ1n) is 5.11. The fraction of sp³-hybridized carbons (Fsp3) is 0.333. The molecule has 0 heterocycles.